The number of aromatic nitrogens is 4. The largest absolute Gasteiger partial charge is 0.416 e. The van der Waals surface area contributed by atoms with Gasteiger partial charge in [0, 0.05) is 16.8 Å². The monoisotopic (exact) mass is 488 g/mol. The molecule has 2 aromatic heterocycles. The van der Waals surface area contributed by atoms with Gasteiger partial charge in [-0.05, 0) is 46.1 Å². The molecule has 0 spiro atoms. The van der Waals surface area contributed by atoms with E-state index in [4.69, 9.17) is 11.6 Å². The van der Waals surface area contributed by atoms with Crippen LogP contribution in [0.15, 0.2) is 24.4 Å². The van der Waals surface area contributed by atoms with Crippen molar-refractivity contribution in [3.05, 3.63) is 57.1 Å². The number of thiazole rings is 1. The second kappa shape index (κ2) is 9.14. The first kappa shape index (κ1) is 24.1. The van der Waals surface area contributed by atoms with Gasteiger partial charge < -0.3 is 10.4 Å². The van der Waals surface area contributed by atoms with Crippen molar-refractivity contribution in [1.82, 2.24) is 30.0 Å². The van der Waals surface area contributed by atoms with Crippen LogP contribution in [0.4, 0.5) is 13.2 Å². The first-order valence-electron chi connectivity index (χ1n) is 9.29. The Kier molecular flexibility index (Phi) is 6.89. The summed E-state index contributed by atoms with van der Waals surface area (Å²) >= 11 is 6.97. The zero-order valence-electron chi connectivity index (χ0n) is 17.5. The van der Waals surface area contributed by atoms with Crippen LogP contribution in [0.1, 0.15) is 51.6 Å². The van der Waals surface area contributed by atoms with Gasteiger partial charge in [-0.2, -0.15) is 17.9 Å². The van der Waals surface area contributed by atoms with Crippen LogP contribution in [0, 0.1) is 6.92 Å². The molecule has 0 bridgehead atoms. The Morgan fingerprint density at radius 3 is 2.62 bits per heavy atom. The molecule has 2 heterocycles. The van der Waals surface area contributed by atoms with E-state index in [-0.39, 0.29) is 10.6 Å². The van der Waals surface area contributed by atoms with Gasteiger partial charge in [-0.1, -0.05) is 22.9 Å². The predicted octanol–water partition coefficient (Wildman–Crippen LogP) is 3.75. The predicted molar refractivity (Wildman–Crippen MR) is 113 cm³/mol. The van der Waals surface area contributed by atoms with Gasteiger partial charge in [0.2, 0.25) is 5.13 Å². The second-order valence-corrected chi connectivity index (χ2v) is 8.71. The fourth-order valence-corrected chi connectivity index (χ4v) is 4.02. The summed E-state index contributed by atoms with van der Waals surface area (Å²) in [6.45, 7) is 3.28. The van der Waals surface area contributed by atoms with Crippen molar-refractivity contribution in [2.45, 2.75) is 32.3 Å². The molecule has 2 atom stereocenters. The normalized spacial score (nSPS) is 13.9. The van der Waals surface area contributed by atoms with Crippen molar-refractivity contribution in [3.63, 3.8) is 0 Å². The summed E-state index contributed by atoms with van der Waals surface area (Å²) < 4.78 is 40.6. The van der Waals surface area contributed by atoms with Gasteiger partial charge in [-0.3, -0.25) is 9.69 Å². The zero-order valence-corrected chi connectivity index (χ0v) is 19.0. The van der Waals surface area contributed by atoms with Crippen molar-refractivity contribution in [2.24, 2.45) is 0 Å². The Morgan fingerprint density at radius 1 is 1.31 bits per heavy atom. The van der Waals surface area contributed by atoms with E-state index in [1.54, 1.807) is 32.8 Å². The molecule has 172 valence electrons. The molecule has 3 aromatic rings. The number of halogens is 4. The number of hydrogen-bond donors (Lipinski definition) is 2. The second-order valence-electron chi connectivity index (χ2n) is 7.23. The molecule has 0 aliphatic carbocycles. The van der Waals surface area contributed by atoms with Crippen molar-refractivity contribution < 1.29 is 23.1 Å². The highest BCUT2D eigenvalue weighted by Gasteiger charge is 2.32. The van der Waals surface area contributed by atoms with Crippen LogP contribution in [0.2, 0.25) is 5.02 Å². The Labute approximate surface area is 190 Å². The highest BCUT2D eigenvalue weighted by Crippen LogP contribution is 2.32. The summed E-state index contributed by atoms with van der Waals surface area (Å²) in [5.74, 6) is -0.0113. The van der Waals surface area contributed by atoms with E-state index in [2.05, 4.69) is 20.4 Å². The highest BCUT2D eigenvalue weighted by molar-refractivity contribution is 7.14. The van der Waals surface area contributed by atoms with Crippen molar-refractivity contribution >= 4 is 28.8 Å². The minimum atomic E-state index is -4.64. The number of nitrogens with one attached hydrogen (secondary N) is 1. The minimum absolute atomic E-state index is 0.202. The van der Waals surface area contributed by atoms with E-state index >= 15 is 0 Å². The van der Waals surface area contributed by atoms with Crippen LogP contribution in [0.3, 0.4) is 0 Å². The smallest absolute Gasteiger partial charge is 0.373 e. The number of hydrogen-bond acceptors (Lipinski definition) is 7. The van der Waals surface area contributed by atoms with Crippen LogP contribution < -0.4 is 5.32 Å². The maximum Gasteiger partial charge on any atom is 0.416 e. The van der Waals surface area contributed by atoms with E-state index in [1.807, 2.05) is 0 Å². The maximum atomic E-state index is 13.1. The van der Waals surface area contributed by atoms with Gasteiger partial charge in [0.15, 0.2) is 5.82 Å². The Bertz CT molecular complexity index is 1130. The van der Waals surface area contributed by atoms with Crippen LogP contribution in [0.25, 0.3) is 5.13 Å². The Morgan fingerprint density at radius 2 is 2.00 bits per heavy atom. The molecule has 0 radical (unpaired) electrons. The quantitative estimate of drug-likeness (QED) is 0.513. The van der Waals surface area contributed by atoms with E-state index in [0.717, 1.165) is 18.2 Å². The van der Waals surface area contributed by atoms with Crippen LogP contribution in [0.5, 0.6) is 0 Å². The number of carbonyl (C=O) groups excluding carboxylic acids is 1. The van der Waals surface area contributed by atoms with E-state index in [1.165, 1.54) is 22.2 Å². The number of carbonyl (C=O) groups is 1. The molecular weight excluding hydrogens is 469 g/mol. The lowest BCUT2D eigenvalue weighted by Gasteiger charge is -2.16. The molecule has 8 nitrogen and oxygen atoms in total. The lowest BCUT2D eigenvalue weighted by Crippen LogP contribution is -2.29. The van der Waals surface area contributed by atoms with Gasteiger partial charge >= 0.3 is 6.18 Å². The minimum Gasteiger partial charge on any atom is -0.373 e. The maximum absolute atomic E-state index is 13.1. The standard InChI is InChI=1S/C19H20ClF3N6O2S/c1-9(25-16(30)11-5-12(19(21,22)23)7-13(20)6-11)15-26-10(2)27-29(15)18-24-8-14(32-18)17(31)28(3)4/h5-9,17,31H,1-4H3,(H,25,30)/t9-,17?/m0/s1. The summed E-state index contributed by atoms with van der Waals surface area (Å²) in [5.41, 5.74) is -1.25. The average Bonchev–Trinajstić information content (AvgIpc) is 3.32. The van der Waals surface area contributed by atoms with Crippen LogP contribution in [-0.2, 0) is 6.18 Å². The molecule has 32 heavy (non-hydrogen) atoms. The number of nitrogens with zero attached hydrogens (tertiary/aromatic N) is 5. The van der Waals surface area contributed by atoms with E-state index in [9.17, 15) is 23.1 Å². The van der Waals surface area contributed by atoms with Gasteiger partial charge in [-0.25, -0.2) is 9.97 Å². The molecule has 1 amide bonds. The van der Waals surface area contributed by atoms with Gasteiger partial charge in [0.25, 0.3) is 5.91 Å². The van der Waals surface area contributed by atoms with Gasteiger partial charge in [0.05, 0.1) is 16.5 Å². The molecule has 1 unspecified atom stereocenters. The molecule has 13 heteroatoms. The molecule has 3 rings (SSSR count). The third kappa shape index (κ3) is 5.26. The first-order valence-corrected chi connectivity index (χ1v) is 10.5. The number of benzene rings is 1. The summed E-state index contributed by atoms with van der Waals surface area (Å²) in [7, 11) is 3.43. The van der Waals surface area contributed by atoms with E-state index in [0.29, 0.717) is 21.7 Å². The lowest BCUT2D eigenvalue weighted by molar-refractivity contribution is -0.137. The van der Waals surface area contributed by atoms with Gasteiger partial charge in [0.1, 0.15) is 12.1 Å². The molecular formula is C19H20ClF3N6O2S. The molecule has 0 aliphatic rings. The van der Waals surface area contributed by atoms with Crippen LogP contribution >= 0.6 is 22.9 Å². The fraction of sp³-hybridized carbons (Fsp3) is 0.368. The molecule has 0 fully saturated rings. The molecule has 0 saturated carbocycles. The Hall–Kier alpha value is -2.54. The average molecular weight is 489 g/mol. The highest BCUT2D eigenvalue weighted by atomic mass is 35.5. The Balaban J connectivity index is 1.86. The summed E-state index contributed by atoms with van der Waals surface area (Å²) in [6, 6.07) is 1.93. The molecule has 2 N–H and O–H groups in total. The number of aliphatic hydroxyl groups is 1. The number of amides is 1. The van der Waals surface area contributed by atoms with E-state index < -0.39 is 29.9 Å². The first-order chi connectivity index (χ1) is 14.9. The molecule has 1 aromatic carbocycles. The topological polar surface area (TPSA) is 96.2 Å². The summed E-state index contributed by atoms with van der Waals surface area (Å²) in [4.78, 5) is 23.4. The van der Waals surface area contributed by atoms with Crippen molar-refractivity contribution in [3.8, 4) is 5.13 Å². The van der Waals surface area contributed by atoms with Gasteiger partial charge in [-0.15, -0.1) is 5.10 Å². The molecule has 0 aliphatic heterocycles. The van der Waals surface area contributed by atoms with Crippen molar-refractivity contribution in [2.75, 3.05) is 14.1 Å². The summed E-state index contributed by atoms with van der Waals surface area (Å²) in [6.07, 6.45) is -3.97. The van der Waals surface area contributed by atoms with Crippen LogP contribution in [-0.4, -0.2) is 49.8 Å². The summed E-state index contributed by atoms with van der Waals surface area (Å²) in [5, 5.41) is 17.3. The SMILES string of the molecule is Cc1nc([C@H](C)NC(=O)c2cc(Cl)cc(C(F)(F)F)c2)n(-c2ncc(C(O)N(C)C)s2)n1. The third-order valence-corrected chi connectivity index (χ3v) is 5.63. The number of aryl methyl sites for hydroxylation is 1. The number of alkyl halides is 3. The fourth-order valence-electron chi connectivity index (χ4n) is 2.83. The number of aliphatic hydroxyl groups excluding tert-OH is 1. The zero-order chi connectivity index (χ0) is 23.8. The molecule has 0 saturated heterocycles. The third-order valence-electron chi connectivity index (χ3n) is 4.40. The lowest BCUT2D eigenvalue weighted by atomic mass is 10.1. The number of rotatable bonds is 6. The van der Waals surface area contributed by atoms with Crippen molar-refractivity contribution in [1.29, 1.82) is 0 Å².